The van der Waals surface area contributed by atoms with Crippen LogP contribution in [0.2, 0.25) is 0 Å². The van der Waals surface area contributed by atoms with Crippen LogP contribution in [-0.2, 0) is 0 Å². The van der Waals surface area contributed by atoms with E-state index in [0.717, 1.165) is 4.48 Å². The molecule has 0 aliphatic carbocycles. The molecule has 1 rings (SSSR count). The Morgan fingerprint density at radius 3 is 2.60 bits per heavy atom. The quantitative estimate of drug-likeness (QED) is 0.566. The van der Waals surface area contributed by atoms with E-state index in [4.69, 9.17) is 0 Å². The molecule has 0 aromatic carbocycles. The van der Waals surface area contributed by atoms with Crippen molar-refractivity contribution in [2.24, 2.45) is 0 Å². The minimum atomic E-state index is 0.657. The van der Waals surface area contributed by atoms with E-state index in [1.165, 1.54) is 19.4 Å². The van der Waals surface area contributed by atoms with Gasteiger partial charge in [0.05, 0.1) is 14.1 Å². The lowest BCUT2D eigenvalue weighted by molar-refractivity contribution is -0.887. The van der Waals surface area contributed by atoms with Gasteiger partial charge in [0.15, 0.2) is 0 Å². The van der Waals surface area contributed by atoms with Crippen LogP contribution in [0.5, 0.6) is 0 Å². The second-order valence-corrected chi connectivity index (χ2v) is 3.50. The molecule has 0 bridgehead atoms. The van der Waals surface area contributed by atoms with Gasteiger partial charge in [0, 0.05) is 13.0 Å². The van der Waals surface area contributed by atoms with Crippen molar-refractivity contribution in [1.29, 1.82) is 0 Å². The van der Waals surface area contributed by atoms with Crippen LogP contribution in [0.1, 0.15) is 19.8 Å². The average molecular weight is 142 g/mol. The molecule has 0 saturated carbocycles. The first kappa shape index (κ1) is 8.02. The Bertz CT molecular complexity index is 104. The fourth-order valence-corrected chi connectivity index (χ4v) is 1.41. The lowest BCUT2D eigenvalue weighted by Crippen LogP contribution is -2.50. The maximum absolute atomic E-state index is 3.49. The molecule has 1 fully saturated rings. The third-order valence-corrected chi connectivity index (χ3v) is 2.50. The van der Waals surface area contributed by atoms with E-state index in [9.17, 15) is 0 Å². The molecule has 1 radical (unpaired) electrons. The summed E-state index contributed by atoms with van der Waals surface area (Å²) in [6, 6.07) is 0. The highest BCUT2D eigenvalue weighted by molar-refractivity contribution is 4.66. The molecule has 1 unspecified atom stereocenters. The maximum Gasteiger partial charge on any atom is 0.142 e. The molecule has 1 heterocycles. The molecule has 0 spiro atoms. The Balaban J connectivity index is 2.45. The Hall–Kier alpha value is -0.0800. The molecule has 2 nitrogen and oxygen atoms in total. The predicted molar refractivity (Wildman–Crippen MR) is 43.1 cm³/mol. The molecule has 1 aliphatic rings. The molecule has 0 amide bonds. The van der Waals surface area contributed by atoms with E-state index >= 15 is 0 Å². The first-order valence-corrected chi connectivity index (χ1v) is 4.04. The van der Waals surface area contributed by atoms with Gasteiger partial charge in [-0.2, -0.15) is 0 Å². The Morgan fingerprint density at radius 2 is 2.20 bits per heavy atom. The Morgan fingerprint density at radius 1 is 1.50 bits per heavy atom. The summed E-state index contributed by atoms with van der Waals surface area (Å²) in [4.78, 5) is 0. The molecular weight excluding hydrogens is 124 g/mol. The largest absolute Gasteiger partial charge is 0.307 e. The third kappa shape index (κ3) is 1.50. The molecule has 2 heteroatoms. The van der Waals surface area contributed by atoms with Crippen molar-refractivity contribution in [2.75, 3.05) is 20.6 Å². The molecule has 10 heavy (non-hydrogen) atoms. The SMILES string of the molecule is C[CH][N+](C)(C)C1CCCN1. The summed E-state index contributed by atoms with van der Waals surface area (Å²) < 4.78 is 1.00. The number of nitrogens with one attached hydrogen (secondary N) is 1. The summed E-state index contributed by atoms with van der Waals surface area (Å²) >= 11 is 0. The van der Waals surface area contributed by atoms with Crippen LogP contribution in [0.15, 0.2) is 0 Å². The molecule has 1 aliphatic heterocycles. The molecule has 1 atom stereocenters. The van der Waals surface area contributed by atoms with Crippen molar-refractivity contribution in [3.63, 3.8) is 0 Å². The van der Waals surface area contributed by atoms with E-state index in [-0.39, 0.29) is 0 Å². The first-order valence-electron chi connectivity index (χ1n) is 4.04. The number of hydrogen-bond acceptors (Lipinski definition) is 1. The summed E-state index contributed by atoms with van der Waals surface area (Å²) in [5, 5.41) is 3.49. The van der Waals surface area contributed by atoms with Crippen LogP contribution >= 0.6 is 0 Å². The second kappa shape index (κ2) is 2.89. The number of nitrogens with zero attached hydrogens (tertiary/aromatic N) is 1. The van der Waals surface area contributed by atoms with Gasteiger partial charge in [-0.25, -0.2) is 0 Å². The van der Waals surface area contributed by atoms with Gasteiger partial charge in [0.1, 0.15) is 12.7 Å². The number of rotatable bonds is 2. The molecule has 1 N–H and O–H groups in total. The zero-order valence-electron chi connectivity index (χ0n) is 7.22. The standard InChI is InChI=1S/C8H18N2/c1-4-10(2,3)8-6-5-7-9-8/h4,8-9H,5-7H2,1-3H3/q+1. The van der Waals surface area contributed by atoms with Crippen LogP contribution in [-0.4, -0.2) is 31.3 Å². The van der Waals surface area contributed by atoms with Crippen molar-refractivity contribution >= 4 is 0 Å². The van der Waals surface area contributed by atoms with Crippen molar-refractivity contribution in [3.8, 4) is 0 Å². The molecule has 0 aromatic rings. The average Bonchev–Trinajstić information content (AvgIpc) is 2.38. The van der Waals surface area contributed by atoms with Crippen LogP contribution in [0.25, 0.3) is 0 Å². The van der Waals surface area contributed by atoms with Gasteiger partial charge in [-0.05, 0) is 13.3 Å². The Kier molecular flexibility index (Phi) is 2.32. The normalized spacial score (nSPS) is 27.3. The van der Waals surface area contributed by atoms with Gasteiger partial charge < -0.3 is 4.48 Å². The highest BCUT2D eigenvalue weighted by atomic mass is 15.4. The van der Waals surface area contributed by atoms with Crippen molar-refractivity contribution in [1.82, 2.24) is 5.32 Å². The van der Waals surface area contributed by atoms with Crippen LogP contribution in [0, 0.1) is 6.54 Å². The summed E-state index contributed by atoms with van der Waals surface area (Å²) in [6.45, 7) is 5.56. The maximum atomic E-state index is 3.49. The zero-order valence-corrected chi connectivity index (χ0v) is 7.22. The Labute approximate surface area is 63.8 Å². The summed E-state index contributed by atoms with van der Waals surface area (Å²) in [5.41, 5.74) is 0. The summed E-state index contributed by atoms with van der Waals surface area (Å²) in [5.74, 6) is 0. The van der Waals surface area contributed by atoms with E-state index in [0.29, 0.717) is 6.17 Å². The molecule has 0 aromatic heterocycles. The van der Waals surface area contributed by atoms with Crippen molar-refractivity contribution in [2.45, 2.75) is 25.9 Å². The minimum Gasteiger partial charge on any atom is -0.307 e. The van der Waals surface area contributed by atoms with Crippen LogP contribution in [0.4, 0.5) is 0 Å². The van der Waals surface area contributed by atoms with Crippen molar-refractivity contribution < 1.29 is 4.48 Å². The molecular formula is C8H18N2+. The highest BCUT2D eigenvalue weighted by Gasteiger charge is 2.29. The number of quaternary nitrogens is 1. The minimum absolute atomic E-state index is 0.657. The zero-order chi connectivity index (χ0) is 7.61. The monoisotopic (exact) mass is 142 g/mol. The highest BCUT2D eigenvalue weighted by Crippen LogP contribution is 2.16. The summed E-state index contributed by atoms with van der Waals surface area (Å²) in [7, 11) is 4.48. The fourth-order valence-electron chi connectivity index (χ4n) is 1.41. The molecule has 1 saturated heterocycles. The lowest BCUT2D eigenvalue weighted by Gasteiger charge is -2.33. The first-order chi connectivity index (χ1) is 4.67. The third-order valence-electron chi connectivity index (χ3n) is 2.50. The smallest absolute Gasteiger partial charge is 0.142 e. The molecule has 59 valence electrons. The van der Waals surface area contributed by atoms with E-state index in [2.05, 4.69) is 32.9 Å². The van der Waals surface area contributed by atoms with E-state index < -0.39 is 0 Å². The van der Waals surface area contributed by atoms with Gasteiger partial charge >= 0.3 is 0 Å². The van der Waals surface area contributed by atoms with Crippen LogP contribution in [0.3, 0.4) is 0 Å². The van der Waals surface area contributed by atoms with E-state index in [1.54, 1.807) is 0 Å². The van der Waals surface area contributed by atoms with Crippen molar-refractivity contribution in [3.05, 3.63) is 6.54 Å². The van der Waals surface area contributed by atoms with E-state index in [1.807, 2.05) is 0 Å². The van der Waals surface area contributed by atoms with Gasteiger partial charge in [0.2, 0.25) is 0 Å². The van der Waals surface area contributed by atoms with Gasteiger partial charge in [-0.3, -0.25) is 5.32 Å². The van der Waals surface area contributed by atoms with Gasteiger partial charge in [-0.15, -0.1) is 0 Å². The van der Waals surface area contributed by atoms with Crippen LogP contribution < -0.4 is 5.32 Å². The predicted octanol–water partition coefficient (Wildman–Crippen LogP) is 0.954. The lowest BCUT2D eigenvalue weighted by atomic mass is 10.3. The summed E-state index contributed by atoms with van der Waals surface area (Å²) in [6.07, 6.45) is 3.31. The van der Waals surface area contributed by atoms with Gasteiger partial charge in [-0.1, -0.05) is 0 Å². The second-order valence-electron chi connectivity index (χ2n) is 3.50. The topological polar surface area (TPSA) is 12.0 Å². The number of hydrogen-bond donors (Lipinski definition) is 1. The van der Waals surface area contributed by atoms with Gasteiger partial charge in [0.25, 0.3) is 0 Å². The fraction of sp³-hybridized carbons (Fsp3) is 0.875.